The van der Waals surface area contributed by atoms with Crippen LogP contribution in [0.1, 0.15) is 11.8 Å². The van der Waals surface area contributed by atoms with Gasteiger partial charge in [-0.1, -0.05) is 6.07 Å². The minimum Gasteiger partial charge on any atom is -0.361 e. The molecule has 0 N–H and O–H groups in total. The van der Waals surface area contributed by atoms with Gasteiger partial charge in [0.2, 0.25) is 0 Å². The molecule has 0 spiro atoms. The first-order valence-corrected chi connectivity index (χ1v) is 3.45. The Labute approximate surface area is 57.4 Å². The molecule has 1 aromatic rings. The lowest BCUT2D eigenvalue weighted by Crippen LogP contribution is -1.89. The number of hydrogen-bond acceptors (Lipinski definition) is 1. The minimum atomic E-state index is 0.671. The normalized spacial score (nSPS) is 8.56. The minimum absolute atomic E-state index is 0.671. The standard InChI is InChI=1S/C6H6N2S/c1-5(8-7)6-3-2-4-9-6/h2-4H,1H3. The largest absolute Gasteiger partial charge is 0.361 e. The predicted octanol–water partition coefficient (Wildman–Crippen LogP) is 1.79. The summed E-state index contributed by atoms with van der Waals surface area (Å²) < 4.78 is 0. The lowest BCUT2D eigenvalue weighted by Gasteiger charge is -1.75. The van der Waals surface area contributed by atoms with E-state index in [9.17, 15) is 0 Å². The summed E-state index contributed by atoms with van der Waals surface area (Å²) in [5.41, 5.74) is 8.97. The van der Waals surface area contributed by atoms with Gasteiger partial charge in [0.25, 0.3) is 0 Å². The van der Waals surface area contributed by atoms with E-state index in [0.29, 0.717) is 5.71 Å². The molecule has 46 valence electrons. The van der Waals surface area contributed by atoms with Crippen molar-refractivity contribution in [1.82, 2.24) is 0 Å². The molecule has 0 saturated heterocycles. The van der Waals surface area contributed by atoms with E-state index in [1.165, 1.54) is 0 Å². The maximum atomic E-state index is 8.30. The molecule has 1 aromatic heterocycles. The maximum Gasteiger partial charge on any atom is 0.305 e. The summed E-state index contributed by atoms with van der Waals surface area (Å²) in [6, 6.07) is 3.84. The molecular weight excluding hydrogens is 132 g/mol. The van der Waals surface area contributed by atoms with Crippen LogP contribution in [0.15, 0.2) is 17.5 Å². The van der Waals surface area contributed by atoms with Crippen LogP contribution < -0.4 is 0 Å². The molecule has 0 aliphatic heterocycles. The molecule has 0 amide bonds. The molecule has 0 aromatic carbocycles. The van der Waals surface area contributed by atoms with E-state index in [0.717, 1.165) is 4.88 Å². The van der Waals surface area contributed by atoms with Crippen molar-refractivity contribution in [3.63, 3.8) is 0 Å². The van der Waals surface area contributed by atoms with Gasteiger partial charge in [-0.05, 0) is 11.4 Å². The summed E-state index contributed by atoms with van der Waals surface area (Å²) in [5.74, 6) is 0. The number of hydrogen-bond donors (Lipinski definition) is 0. The Morgan fingerprint density at radius 3 is 3.00 bits per heavy atom. The van der Waals surface area contributed by atoms with Crippen molar-refractivity contribution in [3.05, 3.63) is 27.9 Å². The molecule has 0 atom stereocenters. The van der Waals surface area contributed by atoms with Crippen molar-refractivity contribution >= 4 is 17.0 Å². The topological polar surface area (TPSA) is 36.4 Å². The first-order valence-electron chi connectivity index (χ1n) is 2.57. The highest BCUT2D eigenvalue weighted by atomic mass is 32.1. The summed E-state index contributed by atoms with van der Waals surface area (Å²) >= 11 is 1.56. The van der Waals surface area contributed by atoms with E-state index in [-0.39, 0.29) is 0 Å². The average molecular weight is 138 g/mol. The highest BCUT2D eigenvalue weighted by Crippen LogP contribution is 2.07. The van der Waals surface area contributed by atoms with Gasteiger partial charge in [-0.25, -0.2) is 0 Å². The molecule has 3 heteroatoms. The summed E-state index contributed by atoms with van der Waals surface area (Å²) in [4.78, 5) is 4.07. The zero-order chi connectivity index (χ0) is 6.69. The monoisotopic (exact) mass is 138 g/mol. The molecule has 0 aliphatic rings. The summed E-state index contributed by atoms with van der Waals surface area (Å²) in [5, 5.41) is 1.95. The fourth-order valence-corrected chi connectivity index (χ4v) is 1.21. The quantitative estimate of drug-likeness (QED) is 0.322. The Balaban J connectivity index is 3.03. The Hall–Kier alpha value is -0.920. The maximum absolute atomic E-state index is 8.30. The third-order valence-corrected chi connectivity index (χ3v) is 2.01. The fourth-order valence-electron chi connectivity index (χ4n) is 0.534. The van der Waals surface area contributed by atoms with Crippen LogP contribution >= 0.6 is 11.3 Å². The molecule has 0 radical (unpaired) electrons. The van der Waals surface area contributed by atoms with Crippen LogP contribution in [0.3, 0.4) is 0 Å². The highest BCUT2D eigenvalue weighted by Gasteiger charge is 2.02. The van der Waals surface area contributed by atoms with Crippen LogP contribution in [0.4, 0.5) is 0 Å². The average Bonchev–Trinajstić information content (AvgIpc) is 2.37. The number of nitrogens with zero attached hydrogens (tertiary/aromatic N) is 2. The van der Waals surface area contributed by atoms with E-state index in [1.54, 1.807) is 18.3 Å². The number of rotatable bonds is 1. The van der Waals surface area contributed by atoms with Crippen LogP contribution in [0.25, 0.3) is 5.53 Å². The van der Waals surface area contributed by atoms with E-state index in [1.807, 2.05) is 17.5 Å². The van der Waals surface area contributed by atoms with Crippen LogP contribution in [0.5, 0.6) is 0 Å². The summed E-state index contributed by atoms with van der Waals surface area (Å²) in [6.45, 7) is 1.77. The molecule has 0 aliphatic carbocycles. The molecule has 0 unspecified atom stereocenters. The van der Waals surface area contributed by atoms with Gasteiger partial charge in [-0.3, -0.25) is 0 Å². The van der Waals surface area contributed by atoms with Crippen LogP contribution in [0, 0.1) is 0 Å². The van der Waals surface area contributed by atoms with Crippen LogP contribution in [-0.4, -0.2) is 10.5 Å². The van der Waals surface area contributed by atoms with Crippen molar-refractivity contribution in [3.8, 4) is 0 Å². The van der Waals surface area contributed by atoms with Gasteiger partial charge in [0.15, 0.2) is 0 Å². The Morgan fingerprint density at radius 2 is 2.56 bits per heavy atom. The molecule has 9 heavy (non-hydrogen) atoms. The molecular formula is C6H6N2S. The Morgan fingerprint density at radius 1 is 1.78 bits per heavy atom. The van der Waals surface area contributed by atoms with Gasteiger partial charge in [-0.2, -0.15) is 4.79 Å². The van der Waals surface area contributed by atoms with Crippen molar-refractivity contribution < 1.29 is 4.79 Å². The smallest absolute Gasteiger partial charge is 0.305 e. The van der Waals surface area contributed by atoms with Gasteiger partial charge < -0.3 is 5.53 Å². The van der Waals surface area contributed by atoms with E-state index in [4.69, 9.17) is 5.53 Å². The van der Waals surface area contributed by atoms with Crippen molar-refractivity contribution in [2.75, 3.05) is 0 Å². The predicted molar refractivity (Wildman–Crippen MR) is 37.7 cm³/mol. The highest BCUT2D eigenvalue weighted by molar-refractivity contribution is 7.12. The molecule has 0 saturated carbocycles. The lowest BCUT2D eigenvalue weighted by atomic mass is 10.3. The summed E-state index contributed by atoms with van der Waals surface area (Å²) in [6.07, 6.45) is 0. The Bertz CT molecular complexity index is 232. The van der Waals surface area contributed by atoms with Crippen LogP contribution in [0.2, 0.25) is 0 Å². The second-order valence-corrected chi connectivity index (χ2v) is 2.61. The van der Waals surface area contributed by atoms with Crippen molar-refractivity contribution in [2.24, 2.45) is 0 Å². The SMILES string of the molecule is CC(=[N+]=[N-])c1cccs1. The molecule has 2 nitrogen and oxygen atoms in total. The van der Waals surface area contributed by atoms with Crippen molar-refractivity contribution in [2.45, 2.75) is 6.92 Å². The third kappa shape index (κ3) is 1.25. The van der Waals surface area contributed by atoms with Crippen molar-refractivity contribution in [1.29, 1.82) is 0 Å². The van der Waals surface area contributed by atoms with Gasteiger partial charge in [0.05, 0.1) is 0 Å². The molecule has 0 fully saturated rings. The Kier molecular flexibility index (Phi) is 1.78. The number of thiophene rings is 1. The van der Waals surface area contributed by atoms with E-state index < -0.39 is 0 Å². The van der Waals surface area contributed by atoms with Gasteiger partial charge in [0.1, 0.15) is 4.88 Å². The van der Waals surface area contributed by atoms with E-state index >= 15 is 0 Å². The first kappa shape index (κ1) is 6.20. The lowest BCUT2D eigenvalue weighted by molar-refractivity contribution is -0.00430. The van der Waals surface area contributed by atoms with Gasteiger partial charge >= 0.3 is 5.71 Å². The second-order valence-electron chi connectivity index (χ2n) is 1.66. The molecule has 1 heterocycles. The van der Waals surface area contributed by atoms with Crippen LogP contribution in [-0.2, 0) is 0 Å². The van der Waals surface area contributed by atoms with Gasteiger partial charge in [-0.15, -0.1) is 11.3 Å². The zero-order valence-corrected chi connectivity index (χ0v) is 5.85. The summed E-state index contributed by atoms with van der Waals surface area (Å²) in [7, 11) is 0. The van der Waals surface area contributed by atoms with Gasteiger partial charge in [0, 0.05) is 6.92 Å². The first-order chi connectivity index (χ1) is 4.34. The second kappa shape index (κ2) is 2.58. The van der Waals surface area contributed by atoms with E-state index in [2.05, 4.69) is 4.79 Å². The third-order valence-electron chi connectivity index (χ3n) is 1.03. The molecule has 0 bridgehead atoms. The zero-order valence-electron chi connectivity index (χ0n) is 5.03. The fraction of sp³-hybridized carbons (Fsp3) is 0.167. The molecule has 1 rings (SSSR count).